The number of rotatable bonds is 8. The summed E-state index contributed by atoms with van der Waals surface area (Å²) in [5, 5.41) is 11.3. The van der Waals surface area contributed by atoms with Crippen molar-refractivity contribution in [2.24, 2.45) is 4.99 Å². The molecular formula is C25H18ClIN2O6. The van der Waals surface area contributed by atoms with Gasteiger partial charge in [-0.3, -0.25) is 10.1 Å². The summed E-state index contributed by atoms with van der Waals surface area (Å²) in [6.45, 7) is 2.67. The topological polar surface area (TPSA) is 100 Å². The molecule has 0 saturated carbocycles. The summed E-state index contributed by atoms with van der Waals surface area (Å²) in [5.74, 6) is 0.330. The van der Waals surface area contributed by atoms with E-state index in [1.54, 1.807) is 12.1 Å². The molecule has 0 atom stereocenters. The number of benzene rings is 3. The Labute approximate surface area is 219 Å². The molecule has 0 aliphatic carbocycles. The Morgan fingerprint density at radius 2 is 1.91 bits per heavy atom. The molecule has 0 bridgehead atoms. The molecule has 0 aromatic heterocycles. The first-order chi connectivity index (χ1) is 16.9. The molecule has 35 heavy (non-hydrogen) atoms. The Kier molecular flexibility index (Phi) is 7.67. The summed E-state index contributed by atoms with van der Waals surface area (Å²) in [4.78, 5) is 27.2. The van der Waals surface area contributed by atoms with Crippen molar-refractivity contribution in [2.75, 3.05) is 6.61 Å². The van der Waals surface area contributed by atoms with Gasteiger partial charge in [0.25, 0.3) is 5.69 Å². The van der Waals surface area contributed by atoms with E-state index in [9.17, 15) is 14.9 Å². The van der Waals surface area contributed by atoms with Gasteiger partial charge in [-0.2, -0.15) is 0 Å². The number of hydrogen-bond acceptors (Lipinski definition) is 7. The van der Waals surface area contributed by atoms with Crippen LogP contribution in [0, 0.1) is 13.7 Å². The molecule has 0 radical (unpaired) electrons. The van der Waals surface area contributed by atoms with E-state index in [0.29, 0.717) is 30.3 Å². The Hall–Kier alpha value is -3.44. The number of nitrogens with zero attached hydrogens (tertiary/aromatic N) is 2. The van der Waals surface area contributed by atoms with Gasteiger partial charge in [-0.05, 0) is 64.9 Å². The lowest BCUT2D eigenvalue weighted by atomic mass is 10.1. The lowest BCUT2D eigenvalue weighted by molar-refractivity contribution is -0.384. The van der Waals surface area contributed by atoms with Crippen LogP contribution in [0.3, 0.4) is 0 Å². The third-order valence-corrected chi connectivity index (χ3v) is 6.00. The van der Waals surface area contributed by atoms with Gasteiger partial charge in [-0.1, -0.05) is 41.9 Å². The number of hydrogen-bond donors (Lipinski definition) is 0. The molecule has 0 amide bonds. The van der Waals surface area contributed by atoms with Gasteiger partial charge in [-0.25, -0.2) is 9.79 Å². The lowest BCUT2D eigenvalue weighted by Crippen LogP contribution is -2.06. The Morgan fingerprint density at radius 1 is 1.14 bits per heavy atom. The third-order valence-electron chi connectivity index (χ3n) is 4.87. The molecule has 0 unspecified atom stereocenters. The molecule has 3 aromatic carbocycles. The van der Waals surface area contributed by atoms with Crippen LogP contribution >= 0.6 is 34.2 Å². The largest absolute Gasteiger partial charge is 0.490 e. The fraction of sp³-hybridized carbons (Fsp3) is 0.120. The van der Waals surface area contributed by atoms with Gasteiger partial charge >= 0.3 is 5.97 Å². The number of esters is 1. The van der Waals surface area contributed by atoms with Crippen LogP contribution in [0.15, 0.2) is 71.4 Å². The Balaban J connectivity index is 1.64. The smallest absolute Gasteiger partial charge is 0.363 e. The molecule has 8 nitrogen and oxygen atoms in total. The van der Waals surface area contributed by atoms with Gasteiger partial charge < -0.3 is 14.2 Å². The summed E-state index contributed by atoms with van der Waals surface area (Å²) in [6, 6.07) is 17.2. The minimum Gasteiger partial charge on any atom is -0.490 e. The predicted octanol–water partition coefficient (Wildman–Crippen LogP) is 6.18. The summed E-state index contributed by atoms with van der Waals surface area (Å²) in [5.41, 5.74) is 1.66. The number of non-ortho nitro benzene ring substituents is 1. The van der Waals surface area contributed by atoms with E-state index in [4.69, 9.17) is 25.8 Å². The van der Waals surface area contributed by atoms with Crippen LogP contribution in [-0.2, 0) is 16.1 Å². The summed E-state index contributed by atoms with van der Waals surface area (Å²) in [7, 11) is 0. The second-order valence-electron chi connectivity index (χ2n) is 7.29. The first kappa shape index (κ1) is 24.7. The Morgan fingerprint density at radius 3 is 2.63 bits per heavy atom. The molecule has 0 N–H and O–H groups in total. The molecule has 0 spiro atoms. The van der Waals surface area contributed by atoms with Crippen molar-refractivity contribution in [2.45, 2.75) is 13.5 Å². The second kappa shape index (κ2) is 10.9. The summed E-state index contributed by atoms with van der Waals surface area (Å²) in [6.07, 6.45) is 1.55. The van der Waals surface area contributed by atoms with Gasteiger partial charge in [0.1, 0.15) is 6.61 Å². The first-order valence-corrected chi connectivity index (χ1v) is 11.9. The average molecular weight is 605 g/mol. The van der Waals surface area contributed by atoms with Gasteiger partial charge in [0, 0.05) is 12.1 Å². The van der Waals surface area contributed by atoms with Crippen LogP contribution in [0.5, 0.6) is 11.5 Å². The van der Waals surface area contributed by atoms with Crippen molar-refractivity contribution in [3.8, 4) is 11.5 Å². The second-order valence-corrected chi connectivity index (χ2v) is 8.86. The molecule has 10 heteroatoms. The number of aliphatic imine (C=N–C) groups is 1. The number of ether oxygens (including phenoxy) is 3. The molecule has 4 rings (SSSR count). The lowest BCUT2D eigenvalue weighted by Gasteiger charge is -2.15. The minimum atomic E-state index is -0.694. The van der Waals surface area contributed by atoms with Gasteiger partial charge in [0.05, 0.1) is 25.7 Å². The van der Waals surface area contributed by atoms with Crippen LogP contribution in [0.2, 0.25) is 5.02 Å². The van der Waals surface area contributed by atoms with Gasteiger partial charge in [-0.15, -0.1) is 0 Å². The maximum Gasteiger partial charge on any atom is 0.363 e. The number of cyclic esters (lactones) is 1. The number of halogens is 2. The van der Waals surface area contributed by atoms with E-state index in [-0.39, 0.29) is 27.9 Å². The van der Waals surface area contributed by atoms with Crippen molar-refractivity contribution >= 4 is 57.8 Å². The van der Waals surface area contributed by atoms with E-state index in [2.05, 4.69) is 27.6 Å². The molecular weight excluding hydrogens is 587 g/mol. The normalized spacial score (nSPS) is 14.0. The molecule has 1 aliphatic heterocycles. The zero-order valence-corrected chi connectivity index (χ0v) is 21.3. The summed E-state index contributed by atoms with van der Waals surface area (Å²) < 4.78 is 17.8. The molecule has 3 aromatic rings. The van der Waals surface area contributed by atoms with E-state index in [1.807, 2.05) is 43.3 Å². The minimum absolute atomic E-state index is 0.0266. The standard InChI is InChI=1S/C25H18ClIN2O6/c1-2-33-22-12-16(10-20(27)23(22)34-14-15-6-4-3-5-7-15)11-21-25(30)35-24(28-21)18-13-17(29(31)32)8-9-19(18)26/h3-13H,2,14H2,1H3/b21-11-. The predicted molar refractivity (Wildman–Crippen MR) is 140 cm³/mol. The molecule has 178 valence electrons. The highest BCUT2D eigenvalue weighted by atomic mass is 127. The van der Waals surface area contributed by atoms with Crippen molar-refractivity contribution in [1.82, 2.24) is 0 Å². The number of carbonyl (C=O) groups excluding carboxylic acids is 1. The third kappa shape index (κ3) is 5.80. The zero-order valence-electron chi connectivity index (χ0n) is 18.4. The quantitative estimate of drug-likeness (QED) is 0.100. The average Bonchev–Trinajstić information content (AvgIpc) is 3.19. The van der Waals surface area contributed by atoms with Crippen LogP contribution in [0.1, 0.15) is 23.6 Å². The van der Waals surface area contributed by atoms with Crippen LogP contribution in [0.4, 0.5) is 5.69 Å². The van der Waals surface area contributed by atoms with Crippen molar-refractivity contribution in [1.29, 1.82) is 0 Å². The SMILES string of the molecule is CCOc1cc(/C=C2\N=C(c3cc([N+](=O)[O-])ccc3Cl)OC2=O)cc(I)c1OCc1ccccc1. The Bertz CT molecular complexity index is 1360. The molecule has 0 saturated heterocycles. The monoisotopic (exact) mass is 604 g/mol. The fourth-order valence-electron chi connectivity index (χ4n) is 3.28. The summed E-state index contributed by atoms with van der Waals surface area (Å²) >= 11 is 8.30. The number of nitro groups is 1. The van der Waals surface area contributed by atoms with Crippen molar-refractivity contribution < 1.29 is 23.9 Å². The molecule has 0 fully saturated rings. The number of carbonyl (C=O) groups is 1. The van der Waals surface area contributed by atoms with Crippen LogP contribution in [-0.4, -0.2) is 23.4 Å². The molecule has 1 heterocycles. The van der Waals surface area contributed by atoms with Crippen molar-refractivity contribution in [3.63, 3.8) is 0 Å². The molecule has 1 aliphatic rings. The van der Waals surface area contributed by atoms with E-state index in [1.165, 1.54) is 18.2 Å². The highest BCUT2D eigenvalue weighted by molar-refractivity contribution is 14.1. The highest BCUT2D eigenvalue weighted by Crippen LogP contribution is 2.36. The van der Waals surface area contributed by atoms with Crippen LogP contribution in [0.25, 0.3) is 6.08 Å². The zero-order chi connectivity index (χ0) is 24.9. The maximum absolute atomic E-state index is 12.5. The van der Waals surface area contributed by atoms with Crippen molar-refractivity contribution in [3.05, 3.63) is 102 Å². The maximum atomic E-state index is 12.5. The fourth-order valence-corrected chi connectivity index (χ4v) is 4.26. The first-order valence-electron chi connectivity index (χ1n) is 10.5. The van der Waals surface area contributed by atoms with Gasteiger partial charge in [0.15, 0.2) is 17.2 Å². The van der Waals surface area contributed by atoms with Crippen LogP contribution < -0.4 is 9.47 Å². The van der Waals surface area contributed by atoms with E-state index >= 15 is 0 Å². The van der Waals surface area contributed by atoms with E-state index in [0.717, 1.165) is 9.13 Å². The van der Waals surface area contributed by atoms with E-state index < -0.39 is 10.9 Å². The highest BCUT2D eigenvalue weighted by Gasteiger charge is 2.27. The van der Waals surface area contributed by atoms with Gasteiger partial charge in [0.2, 0.25) is 5.90 Å². The number of nitro benzene ring substituents is 1.